The summed E-state index contributed by atoms with van der Waals surface area (Å²) in [5.74, 6) is 1.33. The second-order valence-corrected chi connectivity index (χ2v) is 5.98. The molecule has 0 radical (unpaired) electrons. The Hall–Kier alpha value is -1.51. The Labute approximate surface area is 120 Å². The van der Waals surface area contributed by atoms with E-state index in [1.165, 1.54) is 32.1 Å². The van der Waals surface area contributed by atoms with Gasteiger partial charge in [-0.2, -0.15) is 0 Å². The SMILES string of the molecule is O=C(Oc1ccccc1)N1CCCC1C1CCCCC1. The van der Waals surface area contributed by atoms with E-state index in [4.69, 9.17) is 4.74 Å². The van der Waals surface area contributed by atoms with Crippen molar-refractivity contribution >= 4 is 6.09 Å². The highest BCUT2D eigenvalue weighted by molar-refractivity contribution is 5.71. The van der Waals surface area contributed by atoms with Crippen molar-refractivity contribution in [1.82, 2.24) is 4.90 Å². The van der Waals surface area contributed by atoms with Gasteiger partial charge in [0.25, 0.3) is 0 Å². The summed E-state index contributed by atoms with van der Waals surface area (Å²) in [6.07, 6.45) is 8.66. The smallest absolute Gasteiger partial charge is 0.410 e. The third kappa shape index (κ3) is 2.97. The number of amides is 1. The first-order valence-electron chi connectivity index (χ1n) is 7.88. The fourth-order valence-electron chi connectivity index (χ4n) is 3.68. The van der Waals surface area contributed by atoms with E-state index in [-0.39, 0.29) is 6.09 Å². The number of ether oxygens (including phenoxy) is 1. The van der Waals surface area contributed by atoms with Gasteiger partial charge in [0.15, 0.2) is 0 Å². The minimum Gasteiger partial charge on any atom is -0.410 e. The Morgan fingerprint density at radius 2 is 1.75 bits per heavy atom. The van der Waals surface area contributed by atoms with Crippen LogP contribution in [0.25, 0.3) is 0 Å². The summed E-state index contributed by atoms with van der Waals surface area (Å²) < 4.78 is 5.51. The molecule has 2 fully saturated rings. The molecule has 1 aromatic rings. The number of hydrogen-bond donors (Lipinski definition) is 0. The molecule has 1 amide bonds. The molecule has 0 N–H and O–H groups in total. The molecule has 1 aromatic carbocycles. The third-order valence-corrected chi connectivity index (χ3v) is 4.68. The third-order valence-electron chi connectivity index (χ3n) is 4.68. The zero-order valence-electron chi connectivity index (χ0n) is 12.0. The van der Waals surface area contributed by atoms with Crippen molar-refractivity contribution < 1.29 is 9.53 Å². The molecular weight excluding hydrogens is 250 g/mol. The van der Waals surface area contributed by atoms with Crippen LogP contribution in [0.15, 0.2) is 30.3 Å². The lowest BCUT2D eigenvalue weighted by Crippen LogP contribution is -2.42. The van der Waals surface area contributed by atoms with Crippen molar-refractivity contribution in [2.75, 3.05) is 6.54 Å². The Bertz CT molecular complexity index is 440. The van der Waals surface area contributed by atoms with Gasteiger partial charge in [0.2, 0.25) is 0 Å². The van der Waals surface area contributed by atoms with Crippen LogP contribution < -0.4 is 4.74 Å². The normalized spacial score (nSPS) is 23.8. The average molecular weight is 273 g/mol. The highest BCUT2D eigenvalue weighted by Crippen LogP contribution is 2.34. The molecule has 1 heterocycles. The van der Waals surface area contributed by atoms with Gasteiger partial charge in [-0.15, -0.1) is 0 Å². The highest BCUT2D eigenvalue weighted by atomic mass is 16.6. The quantitative estimate of drug-likeness (QED) is 0.807. The Kier molecular flexibility index (Phi) is 4.24. The van der Waals surface area contributed by atoms with Crippen LogP contribution in [0.1, 0.15) is 44.9 Å². The van der Waals surface area contributed by atoms with Crippen molar-refractivity contribution in [3.63, 3.8) is 0 Å². The number of likely N-dealkylation sites (tertiary alicyclic amines) is 1. The Morgan fingerprint density at radius 1 is 1.00 bits per heavy atom. The lowest BCUT2D eigenvalue weighted by atomic mass is 9.83. The summed E-state index contributed by atoms with van der Waals surface area (Å²) in [5, 5.41) is 0. The van der Waals surface area contributed by atoms with Crippen LogP contribution in [0.2, 0.25) is 0 Å². The number of rotatable bonds is 2. The molecule has 1 atom stereocenters. The molecule has 2 aliphatic rings. The van der Waals surface area contributed by atoms with E-state index >= 15 is 0 Å². The number of hydrogen-bond acceptors (Lipinski definition) is 2. The molecule has 3 rings (SSSR count). The van der Waals surface area contributed by atoms with Gasteiger partial charge in [0.05, 0.1) is 0 Å². The summed E-state index contributed by atoms with van der Waals surface area (Å²) in [7, 11) is 0. The molecule has 3 nitrogen and oxygen atoms in total. The summed E-state index contributed by atoms with van der Waals surface area (Å²) in [5.41, 5.74) is 0. The van der Waals surface area contributed by atoms with Gasteiger partial charge in [0.1, 0.15) is 5.75 Å². The van der Waals surface area contributed by atoms with E-state index in [2.05, 4.69) is 0 Å². The van der Waals surface area contributed by atoms with Crippen LogP contribution in [0.3, 0.4) is 0 Å². The topological polar surface area (TPSA) is 29.5 Å². The van der Waals surface area contributed by atoms with Crippen LogP contribution in [-0.4, -0.2) is 23.6 Å². The first-order chi connectivity index (χ1) is 9.84. The van der Waals surface area contributed by atoms with Gasteiger partial charge >= 0.3 is 6.09 Å². The van der Waals surface area contributed by atoms with Gasteiger partial charge in [-0.25, -0.2) is 4.79 Å². The monoisotopic (exact) mass is 273 g/mol. The van der Waals surface area contributed by atoms with Crippen molar-refractivity contribution in [2.45, 2.75) is 51.0 Å². The molecule has 1 saturated heterocycles. The summed E-state index contributed by atoms with van der Waals surface area (Å²) in [6, 6.07) is 9.80. The molecule has 3 heteroatoms. The number of carbonyl (C=O) groups is 1. The number of carbonyl (C=O) groups excluding carboxylic acids is 1. The first kappa shape index (κ1) is 13.5. The van der Waals surface area contributed by atoms with Crippen LogP contribution in [0.4, 0.5) is 4.79 Å². The lowest BCUT2D eigenvalue weighted by Gasteiger charge is -2.33. The predicted molar refractivity (Wildman–Crippen MR) is 78.8 cm³/mol. The minimum atomic E-state index is -0.163. The number of para-hydroxylation sites is 1. The molecule has 1 saturated carbocycles. The van der Waals surface area contributed by atoms with Gasteiger partial charge < -0.3 is 9.64 Å². The van der Waals surface area contributed by atoms with Crippen molar-refractivity contribution in [1.29, 1.82) is 0 Å². The summed E-state index contributed by atoms with van der Waals surface area (Å²) in [6.45, 7) is 0.854. The zero-order valence-corrected chi connectivity index (χ0v) is 12.0. The van der Waals surface area contributed by atoms with Crippen LogP contribution >= 0.6 is 0 Å². The molecule has 0 aromatic heterocycles. The number of benzene rings is 1. The second-order valence-electron chi connectivity index (χ2n) is 5.98. The van der Waals surface area contributed by atoms with Crippen LogP contribution in [0, 0.1) is 5.92 Å². The average Bonchev–Trinajstić information content (AvgIpc) is 2.99. The van der Waals surface area contributed by atoms with Crippen molar-refractivity contribution in [2.24, 2.45) is 5.92 Å². The Morgan fingerprint density at radius 3 is 2.50 bits per heavy atom. The predicted octanol–water partition coefficient (Wildman–Crippen LogP) is 4.23. The zero-order chi connectivity index (χ0) is 13.8. The maximum absolute atomic E-state index is 12.4. The van der Waals surface area contributed by atoms with E-state index < -0.39 is 0 Å². The fraction of sp³-hybridized carbons (Fsp3) is 0.588. The van der Waals surface area contributed by atoms with Crippen LogP contribution in [-0.2, 0) is 0 Å². The maximum atomic E-state index is 12.4. The van der Waals surface area contributed by atoms with Crippen LogP contribution in [0.5, 0.6) is 5.75 Å². The minimum absolute atomic E-state index is 0.163. The van der Waals surface area contributed by atoms with Gasteiger partial charge in [-0.05, 0) is 43.7 Å². The number of nitrogens with zero attached hydrogens (tertiary/aromatic N) is 1. The van der Waals surface area contributed by atoms with Gasteiger partial charge in [-0.1, -0.05) is 37.5 Å². The molecule has 1 unspecified atom stereocenters. The highest BCUT2D eigenvalue weighted by Gasteiger charge is 2.36. The largest absolute Gasteiger partial charge is 0.415 e. The van der Waals surface area contributed by atoms with E-state index in [1.807, 2.05) is 35.2 Å². The lowest BCUT2D eigenvalue weighted by molar-refractivity contribution is 0.121. The maximum Gasteiger partial charge on any atom is 0.415 e. The second kappa shape index (κ2) is 6.29. The molecule has 0 spiro atoms. The molecular formula is C17H23NO2. The molecule has 20 heavy (non-hydrogen) atoms. The van der Waals surface area contributed by atoms with E-state index in [0.717, 1.165) is 19.4 Å². The molecule has 0 bridgehead atoms. The van der Waals surface area contributed by atoms with E-state index in [0.29, 0.717) is 17.7 Å². The van der Waals surface area contributed by atoms with Gasteiger partial charge in [-0.3, -0.25) is 0 Å². The summed E-state index contributed by atoms with van der Waals surface area (Å²) >= 11 is 0. The first-order valence-corrected chi connectivity index (χ1v) is 7.88. The molecule has 1 aliphatic carbocycles. The van der Waals surface area contributed by atoms with Crippen molar-refractivity contribution in [3.8, 4) is 5.75 Å². The van der Waals surface area contributed by atoms with E-state index in [1.54, 1.807) is 0 Å². The Balaban J connectivity index is 1.64. The summed E-state index contributed by atoms with van der Waals surface area (Å²) in [4.78, 5) is 14.3. The van der Waals surface area contributed by atoms with E-state index in [9.17, 15) is 4.79 Å². The fourth-order valence-corrected chi connectivity index (χ4v) is 3.68. The molecule has 1 aliphatic heterocycles. The van der Waals surface area contributed by atoms with Crippen molar-refractivity contribution in [3.05, 3.63) is 30.3 Å². The standard InChI is InChI=1S/C17H23NO2/c19-17(20-15-10-5-2-6-11-15)18-13-7-12-16(18)14-8-3-1-4-9-14/h2,5-6,10-11,14,16H,1,3-4,7-9,12-13H2. The van der Waals surface area contributed by atoms with Gasteiger partial charge in [0, 0.05) is 12.6 Å². The molecule has 108 valence electrons.